The second kappa shape index (κ2) is 9.75. The molecule has 6 nitrogen and oxygen atoms in total. The molecule has 0 saturated carbocycles. The molecular formula is C21H22N4O2S. The molecule has 0 saturated heterocycles. The van der Waals surface area contributed by atoms with Gasteiger partial charge in [-0.05, 0) is 49.2 Å². The first kappa shape index (κ1) is 19.7. The molecule has 2 N–H and O–H groups in total. The Hall–Kier alpha value is -3.06. The van der Waals surface area contributed by atoms with Crippen LogP contribution >= 0.6 is 11.8 Å². The summed E-state index contributed by atoms with van der Waals surface area (Å²) in [6, 6.07) is 15.8. The van der Waals surface area contributed by atoms with Crippen molar-refractivity contribution in [3.8, 4) is 0 Å². The van der Waals surface area contributed by atoms with Gasteiger partial charge in [0, 0.05) is 41.0 Å². The van der Waals surface area contributed by atoms with Crippen LogP contribution < -0.4 is 10.6 Å². The molecule has 0 aliphatic rings. The monoisotopic (exact) mass is 394 g/mol. The van der Waals surface area contributed by atoms with E-state index >= 15 is 0 Å². The summed E-state index contributed by atoms with van der Waals surface area (Å²) in [5.74, 6) is -1.29. The highest BCUT2D eigenvalue weighted by Crippen LogP contribution is 2.30. The van der Waals surface area contributed by atoms with Crippen LogP contribution in [0, 0.1) is 6.92 Å². The third-order valence-corrected chi connectivity index (χ3v) is 5.07. The van der Waals surface area contributed by atoms with Crippen LogP contribution in [-0.4, -0.2) is 27.9 Å². The molecule has 0 fully saturated rings. The van der Waals surface area contributed by atoms with Crippen LogP contribution in [0.4, 0.5) is 5.69 Å². The number of carbonyl (C=O) groups excluding carboxylic acids is 2. The van der Waals surface area contributed by atoms with Gasteiger partial charge in [0.1, 0.15) is 0 Å². The van der Waals surface area contributed by atoms with E-state index in [-0.39, 0.29) is 0 Å². The number of nitrogens with one attached hydrogen (secondary N) is 2. The van der Waals surface area contributed by atoms with Gasteiger partial charge in [0.05, 0.1) is 6.33 Å². The maximum Gasteiger partial charge on any atom is 0.313 e. The van der Waals surface area contributed by atoms with Crippen molar-refractivity contribution < 1.29 is 9.59 Å². The molecule has 144 valence electrons. The molecule has 0 aliphatic carbocycles. The molecule has 1 aromatic heterocycles. The van der Waals surface area contributed by atoms with E-state index in [0.29, 0.717) is 12.2 Å². The van der Waals surface area contributed by atoms with Gasteiger partial charge in [-0.25, -0.2) is 4.98 Å². The van der Waals surface area contributed by atoms with E-state index in [4.69, 9.17) is 0 Å². The first-order valence-electron chi connectivity index (χ1n) is 9.00. The van der Waals surface area contributed by atoms with Crippen LogP contribution in [-0.2, 0) is 16.1 Å². The molecular weight excluding hydrogens is 372 g/mol. The Labute approximate surface area is 168 Å². The number of amides is 2. The van der Waals surface area contributed by atoms with Gasteiger partial charge in [-0.1, -0.05) is 30.0 Å². The third-order valence-electron chi connectivity index (χ3n) is 4.07. The molecule has 0 aliphatic heterocycles. The van der Waals surface area contributed by atoms with E-state index in [1.165, 1.54) is 0 Å². The Balaban J connectivity index is 1.48. The third kappa shape index (κ3) is 5.72. The number of carbonyl (C=O) groups is 2. The topological polar surface area (TPSA) is 76.0 Å². The summed E-state index contributed by atoms with van der Waals surface area (Å²) in [4.78, 5) is 30.3. The fourth-order valence-corrected chi connectivity index (χ4v) is 3.54. The van der Waals surface area contributed by atoms with Gasteiger partial charge >= 0.3 is 11.8 Å². The van der Waals surface area contributed by atoms with E-state index in [1.54, 1.807) is 24.3 Å². The summed E-state index contributed by atoms with van der Waals surface area (Å²) in [6.07, 6.45) is 6.01. The van der Waals surface area contributed by atoms with Crippen LogP contribution in [0.1, 0.15) is 12.0 Å². The van der Waals surface area contributed by atoms with Crippen molar-refractivity contribution in [2.45, 2.75) is 29.7 Å². The van der Waals surface area contributed by atoms with Gasteiger partial charge in [0.15, 0.2) is 0 Å². The summed E-state index contributed by atoms with van der Waals surface area (Å²) in [5, 5.41) is 5.32. The largest absolute Gasteiger partial charge is 0.348 e. The summed E-state index contributed by atoms with van der Waals surface area (Å²) >= 11 is 1.65. The van der Waals surface area contributed by atoms with Crippen molar-refractivity contribution >= 4 is 29.3 Å². The number of hydrogen-bond acceptors (Lipinski definition) is 4. The van der Waals surface area contributed by atoms with E-state index in [1.807, 2.05) is 66.2 Å². The lowest BCUT2D eigenvalue weighted by Crippen LogP contribution is -2.36. The predicted molar refractivity (Wildman–Crippen MR) is 110 cm³/mol. The van der Waals surface area contributed by atoms with E-state index in [2.05, 4.69) is 15.6 Å². The van der Waals surface area contributed by atoms with Gasteiger partial charge in [-0.15, -0.1) is 0 Å². The molecule has 3 rings (SSSR count). The zero-order chi connectivity index (χ0) is 19.8. The van der Waals surface area contributed by atoms with E-state index in [9.17, 15) is 9.59 Å². The highest BCUT2D eigenvalue weighted by molar-refractivity contribution is 7.99. The smallest absolute Gasteiger partial charge is 0.313 e. The predicted octanol–water partition coefficient (Wildman–Crippen LogP) is 3.49. The molecule has 2 aromatic carbocycles. The second-order valence-corrected chi connectivity index (χ2v) is 7.40. The lowest BCUT2D eigenvalue weighted by molar-refractivity contribution is -0.136. The molecule has 1 heterocycles. The lowest BCUT2D eigenvalue weighted by Gasteiger charge is -2.10. The molecule has 7 heteroatoms. The van der Waals surface area contributed by atoms with Crippen LogP contribution in [0.5, 0.6) is 0 Å². The Kier molecular flexibility index (Phi) is 6.86. The van der Waals surface area contributed by atoms with Crippen molar-refractivity contribution in [2.75, 3.05) is 11.9 Å². The average Bonchev–Trinajstić information content (AvgIpc) is 3.21. The Bertz CT molecular complexity index is 927. The Morgan fingerprint density at radius 2 is 1.89 bits per heavy atom. The maximum atomic E-state index is 12.1. The SMILES string of the molecule is Cc1cc(Sc2ccccc2)ccc1NC(=O)C(=O)NCCCn1ccnc1. The number of rotatable bonds is 7. The van der Waals surface area contributed by atoms with Crippen molar-refractivity contribution in [1.82, 2.24) is 14.9 Å². The molecule has 0 bridgehead atoms. The highest BCUT2D eigenvalue weighted by Gasteiger charge is 2.14. The van der Waals surface area contributed by atoms with Gasteiger partial charge in [-0.2, -0.15) is 0 Å². The van der Waals surface area contributed by atoms with Crippen LogP contribution in [0.3, 0.4) is 0 Å². The van der Waals surface area contributed by atoms with Gasteiger partial charge in [0.2, 0.25) is 0 Å². The second-order valence-electron chi connectivity index (χ2n) is 6.26. The molecule has 2 amide bonds. The summed E-state index contributed by atoms with van der Waals surface area (Å²) in [7, 11) is 0. The molecule has 0 radical (unpaired) electrons. The zero-order valence-corrected chi connectivity index (χ0v) is 16.4. The fraction of sp³-hybridized carbons (Fsp3) is 0.190. The Morgan fingerprint density at radius 1 is 1.07 bits per heavy atom. The van der Waals surface area contributed by atoms with Crippen molar-refractivity contribution in [3.63, 3.8) is 0 Å². The van der Waals surface area contributed by atoms with Crippen molar-refractivity contribution in [2.24, 2.45) is 0 Å². The number of aromatic nitrogens is 2. The first-order valence-corrected chi connectivity index (χ1v) is 9.82. The quantitative estimate of drug-likeness (QED) is 0.475. The van der Waals surface area contributed by atoms with Gasteiger partial charge in [-0.3, -0.25) is 9.59 Å². The number of benzene rings is 2. The maximum absolute atomic E-state index is 12.1. The molecule has 0 spiro atoms. The fourth-order valence-electron chi connectivity index (χ4n) is 2.61. The molecule has 3 aromatic rings. The number of imidazole rings is 1. The van der Waals surface area contributed by atoms with Crippen LogP contribution in [0.15, 0.2) is 77.0 Å². The van der Waals surface area contributed by atoms with Gasteiger partial charge < -0.3 is 15.2 Å². The van der Waals surface area contributed by atoms with Gasteiger partial charge in [0.25, 0.3) is 0 Å². The molecule has 28 heavy (non-hydrogen) atoms. The minimum atomic E-state index is -0.658. The minimum absolute atomic E-state index is 0.427. The summed E-state index contributed by atoms with van der Waals surface area (Å²) < 4.78 is 1.92. The normalized spacial score (nSPS) is 10.5. The average molecular weight is 395 g/mol. The Morgan fingerprint density at radius 3 is 2.61 bits per heavy atom. The standard InChI is InChI=1S/C21H22N4O2S/c1-16-14-18(28-17-6-3-2-4-7-17)8-9-19(16)24-21(27)20(26)23-10-5-12-25-13-11-22-15-25/h2-4,6-9,11,13-15H,5,10,12H2,1H3,(H,23,26)(H,24,27). The van der Waals surface area contributed by atoms with Crippen molar-refractivity contribution in [1.29, 1.82) is 0 Å². The lowest BCUT2D eigenvalue weighted by atomic mass is 10.2. The number of hydrogen-bond donors (Lipinski definition) is 2. The number of nitrogens with zero attached hydrogens (tertiary/aromatic N) is 2. The minimum Gasteiger partial charge on any atom is -0.348 e. The van der Waals surface area contributed by atoms with Crippen LogP contribution in [0.25, 0.3) is 0 Å². The van der Waals surface area contributed by atoms with Crippen molar-refractivity contribution in [3.05, 3.63) is 72.8 Å². The zero-order valence-electron chi connectivity index (χ0n) is 15.6. The number of aryl methyl sites for hydroxylation is 2. The first-order chi connectivity index (χ1) is 13.6. The summed E-state index contributed by atoms with van der Waals surface area (Å²) in [6.45, 7) is 3.07. The highest BCUT2D eigenvalue weighted by atomic mass is 32.2. The molecule has 0 atom stereocenters. The van der Waals surface area contributed by atoms with E-state index in [0.717, 1.165) is 28.3 Å². The molecule has 0 unspecified atom stereocenters. The van der Waals surface area contributed by atoms with Crippen LogP contribution in [0.2, 0.25) is 0 Å². The van der Waals surface area contributed by atoms with E-state index < -0.39 is 11.8 Å². The number of anilines is 1. The summed E-state index contributed by atoms with van der Waals surface area (Å²) in [5.41, 5.74) is 1.54.